The number of likely N-dealkylation sites (tertiary alicyclic amines) is 1. The normalized spacial score (nSPS) is 18.6. The van der Waals surface area contributed by atoms with Crippen LogP contribution in [0.2, 0.25) is 0 Å². The zero-order valence-corrected chi connectivity index (χ0v) is 24.5. The molecule has 2 N–H and O–H groups in total. The highest BCUT2D eigenvalue weighted by Crippen LogP contribution is 2.26. The SMILES string of the molecule is CC(C)N1CCC(NC(=O)/C(=C/c2ccc(C(=O)NOC3CCCCO3)cc2)COc2cccc3ccccc23)CC1. The first kappa shape index (κ1) is 29.8. The van der Waals surface area contributed by atoms with Gasteiger partial charge in [-0.15, -0.1) is 0 Å². The third-order valence-electron chi connectivity index (χ3n) is 7.95. The third kappa shape index (κ3) is 7.97. The number of piperidine rings is 1. The van der Waals surface area contributed by atoms with Gasteiger partial charge in [0.2, 0.25) is 0 Å². The maximum absolute atomic E-state index is 13.6. The summed E-state index contributed by atoms with van der Waals surface area (Å²) in [6.07, 6.45) is 6.03. The molecule has 0 bridgehead atoms. The Morgan fingerprint density at radius 3 is 2.48 bits per heavy atom. The van der Waals surface area contributed by atoms with E-state index in [0.717, 1.165) is 67.3 Å². The smallest absolute Gasteiger partial charge is 0.274 e. The lowest BCUT2D eigenvalue weighted by atomic mass is 10.0. The minimum Gasteiger partial charge on any atom is -0.488 e. The third-order valence-corrected chi connectivity index (χ3v) is 7.95. The van der Waals surface area contributed by atoms with Gasteiger partial charge in [-0.3, -0.25) is 9.59 Å². The molecule has 2 saturated heterocycles. The fraction of sp³-hybridized carbons (Fsp3) is 0.412. The molecule has 1 unspecified atom stereocenters. The van der Waals surface area contributed by atoms with Crippen LogP contribution in [0.4, 0.5) is 0 Å². The molecule has 2 heterocycles. The first-order valence-corrected chi connectivity index (χ1v) is 15.0. The maximum Gasteiger partial charge on any atom is 0.274 e. The molecular weight excluding hydrogens is 530 g/mol. The topological polar surface area (TPSA) is 89.1 Å². The van der Waals surface area contributed by atoms with E-state index in [4.69, 9.17) is 14.3 Å². The predicted molar refractivity (Wildman–Crippen MR) is 164 cm³/mol. The summed E-state index contributed by atoms with van der Waals surface area (Å²) in [6, 6.07) is 21.6. The molecule has 42 heavy (non-hydrogen) atoms. The first-order chi connectivity index (χ1) is 20.5. The summed E-state index contributed by atoms with van der Waals surface area (Å²) in [4.78, 5) is 34.0. The summed E-state index contributed by atoms with van der Waals surface area (Å²) in [7, 11) is 0. The van der Waals surface area contributed by atoms with Gasteiger partial charge in [0.25, 0.3) is 11.8 Å². The lowest BCUT2D eigenvalue weighted by Crippen LogP contribution is -2.47. The molecule has 2 aliphatic heterocycles. The van der Waals surface area contributed by atoms with Gasteiger partial charge in [-0.1, -0.05) is 48.5 Å². The highest BCUT2D eigenvalue weighted by atomic mass is 16.8. The average Bonchev–Trinajstić information content (AvgIpc) is 3.03. The van der Waals surface area contributed by atoms with Gasteiger partial charge >= 0.3 is 0 Å². The molecule has 2 aliphatic rings. The summed E-state index contributed by atoms with van der Waals surface area (Å²) in [5, 5.41) is 5.32. The molecule has 5 rings (SSSR count). The van der Waals surface area contributed by atoms with Crippen LogP contribution in [0, 0.1) is 0 Å². The second kappa shape index (κ2) is 14.4. The van der Waals surface area contributed by atoms with Crippen molar-refractivity contribution in [3.63, 3.8) is 0 Å². The van der Waals surface area contributed by atoms with Gasteiger partial charge < -0.3 is 19.7 Å². The fourth-order valence-corrected chi connectivity index (χ4v) is 5.40. The van der Waals surface area contributed by atoms with Crippen molar-refractivity contribution in [3.8, 4) is 5.75 Å². The zero-order valence-electron chi connectivity index (χ0n) is 24.5. The number of ether oxygens (including phenoxy) is 2. The monoisotopic (exact) mass is 571 g/mol. The molecule has 1 atom stereocenters. The molecular formula is C34H41N3O5. The molecule has 0 saturated carbocycles. The van der Waals surface area contributed by atoms with Crippen LogP contribution in [0.1, 0.15) is 61.9 Å². The number of amides is 2. The summed E-state index contributed by atoms with van der Waals surface area (Å²) in [5.41, 5.74) is 4.26. The van der Waals surface area contributed by atoms with Crippen LogP contribution in [0.3, 0.4) is 0 Å². The molecule has 8 nitrogen and oxygen atoms in total. The number of rotatable bonds is 10. The van der Waals surface area contributed by atoms with Crippen LogP contribution in [0.15, 0.2) is 72.3 Å². The summed E-state index contributed by atoms with van der Waals surface area (Å²) in [5.74, 6) is 0.247. The van der Waals surface area contributed by atoms with Crippen LogP contribution in [-0.4, -0.2) is 61.4 Å². The molecule has 0 aliphatic carbocycles. The highest BCUT2D eigenvalue weighted by molar-refractivity contribution is 5.99. The van der Waals surface area contributed by atoms with Crippen LogP contribution in [0.25, 0.3) is 16.8 Å². The highest BCUT2D eigenvalue weighted by Gasteiger charge is 2.24. The molecule has 2 fully saturated rings. The van der Waals surface area contributed by atoms with E-state index in [2.05, 4.69) is 29.5 Å². The number of carbonyl (C=O) groups is 2. The lowest BCUT2D eigenvalue weighted by molar-refractivity contribution is -0.186. The van der Waals surface area contributed by atoms with Gasteiger partial charge in [-0.25, -0.2) is 10.3 Å². The number of hydroxylamine groups is 1. The number of carbonyl (C=O) groups excluding carboxylic acids is 2. The van der Waals surface area contributed by atoms with Gasteiger partial charge in [0.15, 0.2) is 6.29 Å². The van der Waals surface area contributed by atoms with Crippen molar-refractivity contribution in [3.05, 3.63) is 83.4 Å². The molecule has 3 aromatic rings. The summed E-state index contributed by atoms with van der Waals surface area (Å²) < 4.78 is 11.7. The van der Waals surface area contributed by atoms with E-state index in [0.29, 0.717) is 23.8 Å². The van der Waals surface area contributed by atoms with Gasteiger partial charge in [-0.05, 0) is 74.8 Å². The minimum absolute atomic E-state index is 0.113. The fourth-order valence-electron chi connectivity index (χ4n) is 5.40. The van der Waals surface area contributed by atoms with Crippen molar-refractivity contribution >= 4 is 28.7 Å². The molecule has 222 valence electrons. The van der Waals surface area contributed by atoms with E-state index >= 15 is 0 Å². The van der Waals surface area contributed by atoms with Gasteiger partial charge in [-0.2, -0.15) is 0 Å². The Balaban J connectivity index is 1.28. The Bertz CT molecular complexity index is 1370. The van der Waals surface area contributed by atoms with Crippen molar-refractivity contribution in [2.24, 2.45) is 0 Å². The van der Waals surface area contributed by atoms with Crippen molar-refractivity contribution in [2.45, 2.75) is 64.3 Å². The molecule has 3 aromatic carbocycles. The van der Waals surface area contributed by atoms with Gasteiger partial charge in [0, 0.05) is 49.2 Å². The Labute approximate surface area is 248 Å². The van der Waals surface area contributed by atoms with Crippen molar-refractivity contribution in [1.29, 1.82) is 0 Å². The van der Waals surface area contributed by atoms with E-state index in [1.807, 2.05) is 60.7 Å². The van der Waals surface area contributed by atoms with E-state index in [-0.39, 0.29) is 24.5 Å². The Hall–Kier alpha value is -3.72. The number of fused-ring (bicyclic) bond motifs is 1. The lowest BCUT2D eigenvalue weighted by Gasteiger charge is -2.35. The van der Waals surface area contributed by atoms with Crippen LogP contribution in [-0.2, 0) is 14.4 Å². The van der Waals surface area contributed by atoms with Crippen LogP contribution in [0.5, 0.6) is 5.75 Å². The maximum atomic E-state index is 13.6. The number of hydrogen-bond acceptors (Lipinski definition) is 6. The average molecular weight is 572 g/mol. The Morgan fingerprint density at radius 2 is 1.74 bits per heavy atom. The molecule has 0 radical (unpaired) electrons. The van der Waals surface area contributed by atoms with Gasteiger partial charge in [0.1, 0.15) is 12.4 Å². The largest absolute Gasteiger partial charge is 0.488 e. The second-order valence-electron chi connectivity index (χ2n) is 11.3. The van der Waals surface area contributed by atoms with Crippen molar-refractivity contribution in [2.75, 3.05) is 26.3 Å². The van der Waals surface area contributed by atoms with E-state index in [1.54, 1.807) is 12.1 Å². The second-order valence-corrected chi connectivity index (χ2v) is 11.3. The predicted octanol–water partition coefficient (Wildman–Crippen LogP) is 5.48. The first-order valence-electron chi connectivity index (χ1n) is 15.0. The Kier molecular flexibility index (Phi) is 10.2. The molecule has 8 heteroatoms. The minimum atomic E-state index is -0.412. The van der Waals surface area contributed by atoms with E-state index in [1.165, 1.54) is 0 Å². The van der Waals surface area contributed by atoms with E-state index in [9.17, 15) is 9.59 Å². The molecule has 2 amide bonds. The number of nitrogens with one attached hydrogen (secondary N) is 2. The summed E-state index contributed by atoms with van der Waals surface area (Å²) >= 11 is 0. The van der Waals surface area contributed by atoms with Crippen LogP contribution < -0.4 is 15.5 Å². The quantitative estimate of drug-likeness (QED) is 0.248. The van der Waals surface area contributed by atoms with Crippen molar-refractivity contribution < 1.29 is 23.9 Å². The van der Waals surface area contributed by atoms with Crippen LogP contribution >= 0.6 is 0 Å². The van der Waals surface area contributed by atoms with Crippen molar-refractivity contribution in [1.82, 2.24) is 15.7 Å². The number of hydrogen-bond donors (Lipinski definition) is 2. The standard InChI is InChI=1S/C34H41N3O5/c1-24(2)37-19-17-29(18-20-37)35-33(38)28(23-41-31-11-7-9-26-8-3-4-10-30(26)31)22-25-13-15-27(16-14-25)34(39)36-42-32-12-5-6-21-40-32/h3-4,7-11,13-16,22,24,29,32H,5-6,12,17-21,23H2,1-2H3,(H,35,38)(H,36,39)/b28-22+. The number of nitrogens with zero attached hydrogens (tertiary/aromatic N) is 1. The molecule has 0 spiro atoms. The zero-order chi connectivity index (χ0) is 29.3. The number of benzene rings is 3. The Morgan fingerprint density at radius 1 is 0.976 bits per heavy atom. The summed E-state index contributed by atoms with van der Waals surface area (Å²) in [6.45, 7) is 7.10. The molecule has 0 aromatic heterocycles. The van der Waals surface area contributed by atoms with Gasteiger partial charge in [0.05, 0.1) is 5.57 Å². The van der Waals surface area contributed by atoms with E-state index < -0.39 is 6.29 Å².